The normalized spacial score (nSPS) is 27.2. The SMILES string of the molecule is CCC.CCCCCC1CCC(C2CCC(OC/C(CC)=C(F)/C(F)=C(\C)OC)OC2)CC1. The van der Waals surface area contributed by atoms with Crippen LogP contribution in [0.5, 0.6) is 0 Å². The summed E-state index contributed by atoms with van der Waals surface area (Å²) in [5.41, 5.74) is 0.302. The van der Waals surface area contributed by atoms with Gasteiger partial charge in [0.1, 0.15) is 5.76 Å². The van der Waals surface area contributed by atoms with Crippen molar-refractivity contribution < 1.29 is 23.0 Å². The molecule has 194 valence electrons. The van der Waals surface area contributed by atoms with E-state index in [2.05, 4.69) is 20.8 Å². The average molecular weight is 473 g/mol. The molecule has 0 N–H and O–H groups in total. The Bertz CT molecular complexity index is 572. The van der Waals surface area contributed by atoms with Gasteiger partial charge >= 0.3 is 0 Å². The van der Waals surface area contributed by atoms with Gasteiger partial charge in [-0.1, -0.05) is 72.6 Å². The lowest BCUT2D eigenvalue weighted by Crippen LogP contribution is -2.34. The number of ether oxygens (including phenoxy) is 3. The van der Waals surface area contributed by atoms with Crippen molar-refractivity contribution in [1.29, 1.82) is 0 Å². The molecule has 1 aliphatic carbocycles. The number of unbranched alkanes of at least 4 members (excludes halogenated alkanes) is 2. The molecular formula is C28H50F2O3. The molecule has 5 heteroatoms. The summed E-state index contributed by atoms with van der Waals surface area (Å²) in [5, 5.41) is 0. The van der Waals surface area contributed by atoms with Crippen LogP contribution in [0.4, 0.5) is 8.78 Å². The highest BCUT2D eigenvalue weighted by Gasteiger charge is 2.31. The summed E-state index contributed by atoms with van der Waals surface area (Å²) in [5.74, 6) is 0.431. The van der Waals surface area contributed by atoms with E-state index in [1.807, 2.05) is 0 Å². The highest BCUT2D eigenvalue weighted by molar-refractivity contribution is 5.27. The predicted octanol–water partition coefficient (Wildman–Crippen LogP) is 9.04. The van der Waals surface area contributed by atoms with Gasteiger partial charge in [-0.2, -0.15) is 0 Å². The van der Waals surface area contributed by atoms with Gasteiger partial charge in [-0.25, -0.2) is 8.78 Å². The molecule has 0 spiro atoms. The van der Waals surface area contributed by atoms with Gasteiger partial charge < -0.3 is 14.2 Å². The smallest absolute Gasteiger partial charge is 0.196 e. The summed E-state index contributed by atoms with van der Waals surface area (Å²) in [6.07, 6.45) is 14.1. The van der Waals surface area contributed by atoms with E-state index in [9.17, 15) is 8.78 Å². The Labute approximate surface area is 202 Å². The van der Waals surface area contributed by atoms with Crippen LogP contribution in [0.3, 0.4) is 0 Å². The lowest BCUT2D eigenvalue weighted by molar-refractivity contribution is -0.177. The molecule has 2 atom stereocenters. The van der Waals surface area contributed by atoms with Crippen LogP contribution in [0.15, 0.2) is 23.0 Å². The van der Waals surface area contributed by atoms with Crippen molar-refractivity contribution in [3.63, 3.8) is 0 Å². The van der Waals surface area contributed by atoms with Gasteiger partial charge in [0.05, 0.1) is 20.3 Å². The van der Waals surface area contributed by atoms with Crippen LogP contribution in [0.1, 0.15) is 112 Å². The van der Waals surface area contributed by atoms with Crippen molar-refractivity contribution in [2.24, 2.45) is 17.8 Å². The zero-order valence-corrected chi connectivity index (χ0v) is 22.2. The third-order valence-corrected chi connectivity index (χ3v) is 7.03. The van der Waals surface area contributed by atoms with Crippen molar-refractivity contribution >= 4 is 0 Å². The number of allylic oxidation sites excluding steroid dienone is 3. The fourth-order valence-electron chi connectivity index (χ4n) is 4.80. The van der Waals surface area contributed by atoms with E-state index in [0.717, 1.165) is 31.3 Å². The molecule has 1 heterocycles. The minimum Gasteiger partial charge on any atom is -0.498 e. The van der Waals surface area contributed by atoms with Crippen LogP contribution in [0.25, 0.3) is 0 Å². The Balaban J connectivity index is 0.00000172. The second-order valence-electron chi connectivity index (χ2n) is 9.74. The first-order valence-electron chi connectivity index (χ1n) is 13.4. The third-order valence-electron chi connectivity index (χ3n) is 7.03. The molecule has 1 saturated carbocycles. The summed E-state index contributed by atoms with van der Waals surface area (Å²) >= 11 is 0. The average Bonchev–Trinajstić information content (AvgIpc) is 2.84. The molecule has 2 rings (SSSR count). The molecule has 2 aliphatic rings. The van der Waals surface area contributed by atoms with Crippen molar-refractivity contribution in [3.05, 3.63) is 23.0 Å². The summed E-state index contributed by atoms with van der Waals surface area (Å²) < 4.78 is 44.9. The quantitative estimate of drug-likeness (QED) is 0.170. The number of rotatable bonds is 11. The van der Waals surface area contributed by atoms with E-state index in [4.69, 9.17) is 14.2 Å². The van der Waals surface area contributed by atoms with Gasteiger partial charge in [-0.15, -0.1) is 0 Å². The first-order valence-corrected chi connectivity index (χ1v) is 13.4. The number of hydrogen-bond donors (Lipinski definition) is 0. The molecule has 0 aromatic heterocycles. The Morgan fingerprint density at radius 3 is 2.03 bits per heavy atom. The molecule has 3 nitrogen and oxygen atoms in total. The number of halogens is 2. The Hall–Kier alpha value is -0.940. The van der Waals surface area contributed by atoms with Gasteiger partial charge in [-0.05, 0) is 62.4 Å². The maximum Gasteiger partial charge on any atom is 0.196 e. The lowest BCUT2D eigenvalue weighted by Gasteiger charge is -2.37. The highest BCUT2D eigenvalue weighted by atomic mass is 19.2. The standard InChI is InChI=1S/C25H42F2O3.C3H8/c1-5-7-8-9-19-10-12-21(13-11-19)22-14-15-23(30-17-22)29-16-20(6-2)25(27)24(26)18(3)28-4;1-3-2/h19,21-23H,5-17H2,1-4H3;3H2,1-2H3/b24-18-,25-20-;. The number of methoxy groups -OCH3 is 1. The number of hydrogen-bond acceptors (Lipinski definition) is 3. The van der Waals surface area contributed by atoms with E-state index in [-0.39, 0.29) is 18.7 Å². The zero-order valence-electron chi connectivity index (χ0n) is 22.2. The molecule has 0 radical (unpaired) electrons. The van der Waals surface area contributed by atoms with Crippen LogP contribution in [-0.2, 0) is 14.2 Å². The van der Waals surface area contributed by atoms with Crippen LogP contribution in [0.2, 0.25) is 0 Å². The first kappa shape index (κ1) is 30.1. The second-order valence-corrected chi connectivity index (χ2v) is 9.74. The molecule has 0 bridgehead atoms. The van der Waals surface area contributed by atoms with Crippen LogP contribution in [-0.4, -0.2) is 26.6 Å². The molecule has 1 aliphatic heterocycles. The van der Waals surface area contributed by atoms with Crippen LogP contribution in [0, 0.1) is 17.8 Å². The molecule has 1 saturated heterocycles. The summed E-state index contributed by atoms with van der Waals surface area (Å²) in [6, 6.07) is 0. The minimum absolute atomic E-state index is 0.0466. The zero-order chi connectivity index (χ0) is 24.6. The molecule has 33 heavy (non-hydrogen) atoms. The molecule has 0 amide bonds. The van der Waals surface area contributed by atoms with E-state index in [1.54, 1.807) is 6.92 Å². The van der Waals surface area contributed by atoms with Crippen molar-refractivity contribution in [1.82, 2.24) is 0 Å². The molecule has 0 aromatic rings. The Morgan fingerprint density at radius 2 is 1.52 bits per heavy atom. The minimum atomic E-state index is -0.951. The monoisotopic (exact) mass is 472 g/mol. The van der Waals surface area contributed by atoms with Gasteiger partial charge in [-0.3, -0.25) is 0 Å². The lowest BCUT2D eigenvalue weighted by atomic mass is 9.73. The van der Waals surface area contributed by atoms with Gasteiger partial charge in [0.2, 0.25) is 0 Å². The fraction of sp³-hybridized carbons (Fsp3) is 0.857. The highest BCUT2D eigenvalue weighted by Crippen LogP contribution is 2.39. The van der Waals surface area contributed by atoms with E-state index >= 15 is 0 Å². The summed E-state index contributed by atoms with van der Waals surface area (Å²) in [7, 11) is 1.33. The van der Waals surface area contributed by atoms with E-state index < -0.39 is 11.7 Å². The maximum absolute atomic E-state index is 14.3. The second kappa shape index (κ2) is 17.5. The van der Waals surface area contributed by atoms with Gasteiger partial charge in [0.25, 0.3) is 0 Å². The first-order chi connectivity index (χ1) is 15.9. The van der Waals surface area contributed by atoms with E-state index in [0.29, 0.717) is 17.9 Å². The maximum atomic E-state index is 14.3. The van der Waals surface area contributed by atoms with Crippen LogP contribution >= 0.6 is 0 Å². The summed E-state index contributed by atoms with van der Waals surface area (Å²) in [6.45, 7) is 10.5. The summed E-state index contributed by atoms with van der Waals surface area (Å²) in [4.78, 5) is 0. The van der Waals surface area contributed by atoms with Gasteiger partial charge in [0.15, 0.2) is 17.9 Å². The Kier molecular flexibility index (Phi) is 15.9. The predicted molar refractivity (Wildman–Crippen MR) is 133 cm³/mol. The van der Waals surface area contributed by atoms with E-state index in [1.165, 1.54) is 71.8 Å². The largest absolute Gasteiger partial charge is 0.498 e. The van der Waals surface area contributed by atoms with Crippen molar-refractivity contribution in [2.75, 3.05) is 20.3 Å². The topological polar surface area (TPSA) is 27.7 Å². The molecule has 0 aromatic carbocycles. The molecular weight excluding hydrogens is 422 g/mol. The van der Waals surface area contributed by atoms with Crippen molar-refractivity contribution in [2.45, 2.75) is 118 Å². The van der Waals surface area contributed by atoms with Crippen molar-refractivity contribution in [3.8, 4) is 0 Å². The molecule has 2 unspecified atom stereocenters. The van der Waals surface area contributed by atoms with Gasteiger partial charge in [0, 0.05) is 0 Å². The Morgan fingerprint density at radius 1 is 0.879 bits per heavy atom. The molecule has 2 fully saturated rings. The third kappa shape index (κ3) is 10.9. The fourth-order valence-corrected chi connectivity index (χ4v) is 4.80. The van der Waals surface area contributed by atoms with Crippen LogP contribution < -0.4 is 0 Å².